The SMILES string of the molecule is CC(C)CCCNn1c(=S)ccc2cccnc21. The number of aromatic nitrogens is 2. The van der Waals surface area contributed by atoms with Crippen molar-refractivity contribution >= 4 is 23.3 Å². The maximum Gasteiger partial charge on any atom is 0.159 e. The number of fused-ring (bicyclic) bond motifs is 1. The van der Waals surface area contributed by atoms with Crippen LogP contribution in [-0.4, -0.2) is 16.2 Å². The molecule has 1 N–H and O–H groups in total. The third kappa shape index (κ3) is 3.07. The summed E-state index contributed by atoms with van der Waals surface area (Å²) in [4.78, 5) is 4.39. The van der Waals surface area contributed by atoms with Crippen molar-refractivity contribution in [2.45, 2.75) is 26.7 Å². The molecule has 96 valence electrons. The second kappa shape index (κ2) is 5.96. The first-order chi connectivity index (χ1) is 8.68. The van der Waals surface area contributed by atoms with Crippen LogP contribution >= 0.6 is 12.2 Å². The van der Waals surface area contributed by atoms with Crippen molar-refractivity contribution in [3.8, 4) is 0 Å². The Morgan fingerprint density at radius 2 is 2.17 bits per heavy atom. The summed E-state index contributed by atoms with van der Waals surface area (Å²) in [5.74, 6) is 0.741. The van der Waals surface area contributed by atoms with Gasteiger partial charge in [0.1, 0.15) is 4.64 Å². The molecule has 2 aromatic rings. The highest BCUT2D eigenvalue weighted by Crippen LogP contribution is 2.10. The van der Waals surface area contributed by atoms with E-state index in [1.165, 1.54) is 6.42 Å². The van der Waals surface area contributed by atoms with Gasteiger partial charge in [-0.05, 0) is 43.0 Å². The molecule has 0 saturated carbocycles. The second-order valence-corrected chi connectivity index (χ2v) is 5.29. The predicted molar refractivity (Wildman–Crippen MR) is 78.9 cm³/mol. The Bertz CT molecular complexity index is 575. The summed E-state index contributed by atoms with van der Waals surface area (Å²) in [6, 6.07) is 7.93. The number of nitrogens with one attached hydrogen (secondary N) is 1. The van der Waals surface area contributed by atoms with Crippen LogP contribution < -0.4 is 5.43 Å². The van der Waals surface area contributed by atoms with Gasteiger partial charge in [0.2, 0.25) is 0 Å². The lowest BCUT2D eigenvalue weighted by Gasteiger charge is -2.13. The van der Waals surface area contributed by atoms with E-state index in [1.54, 1.807) is 6.20 Å². The molecule has 2 heterocycles. The zero-order valence-electron chi connectivity index (χ0n) is 10.9. The van der Waals surface area contributed by atoms with Gasteiger partial charge in [0.15, 0.2) is 5.65 Å². The fourth-order valence-electron chi connectivity index (χ4n) is 1.92. The lowest BCUT2D eigenvalue weighted by atomic mass is 10.1. The van der Waals surface area contributed by atoms with Crippen LogP contribution in [0.2, 0.25) is 0 Å². The molecule has 0 fully saturated rings. The quantitative estimate of drug-likeness (QED) is 0.657. The van der Waals surface area contributed by atoms with Crippen LogP contribution in [0.4, 0.5) is 0 Å². The second-order valence-electron chi connectivity index (χ2n) is 4.87. The van der Waals surface area contributed by atoms with Crippen LogP contribution in [0.5, 0.6) is 0 Å². The minimum atomic E-state index is 0.741. The molecule has 0 aliphatic heterocycles. The topological polar surface area (TPSA) is 29.9 Å². The Hall–Kier alpha value is -1.42. The molecule has 0 spiro atoms. The Morgan fingerprint density at radius 1 is 1.33 bits per heavy atom. The third-order valence-electron chi connectivity index (χ3n) is 2.88. The van der Waals surface area contributed by atoms with E-state index in [4.69, 9.17) is 12.2 Å². The van der Waals surface area contributed by atoms with Gasteiger partial charge in [0.05, 0.1) is 0 Å². The number of pyridine rings is 2. The largest absolute Gasteiger partial charge is 0.323 e. The first kappa shape index (κ1) is 13.0. The van der Waals surface area contributed by atoms with Crippen molar-refractivity contribution in [3.63, 3.8) is 0 Å². The van der Waals surface area contributed by atoms with E-state index in [0.29, 0.717) is 0 Å². The van der Waals surface area contributed by atoms with E-state index in [0.717, 1.165) is 34.6 Å². The first-order valence-corrected chi connectivity index (χ1v) is 6.80. The lowest BCUT2D eigenvalue weighted by Crippen LogP contribution is -2.18. The first-order valence-electron chi connectivity index (χ1n) is 6.39. The van der Waals surface area contributed by atoms with Gasteiger partial charge >= 0.3 is 0 Å². The average molecular weight is 261 g/mol. The Balaban J connectivity index is 2.16. The average Bonchev–Trinajstić information content (AvgIpc) is 2.36. The van der Waals surface area contributed by atoms with Crippen molar-refractivity contribution in [3.05, 3.63) is 35.1 Å². The highest BCUT2D eigenvalue weighted by atomic mass is 32.1. The molecular formula is C14H19N3S. The smallest absolute Gasteiger partial charge is 0.159 e. The number of nitrogens with zero attached hydrogens (tertiary/aromatic N) is 2. The zero-order chi connectivity index (χ0) is 13.0. The van der Waals surface area contributed by atoms with Crippen LogP contribution in [-0.2, 0) is 0 Å². The monoisotopic (exact) mass is 261 g/mol. The normalized spacial score (nSPS) is 11.1. The zero-order valence-corrected chi connectivity index (χ0v) is 11.7. The van der Waals surface area contributed by atoms with Crippen molar-refractivity contribution in [1.29, 1.82) is 0 Å². The molecule has 2 rings (SSSR count). The van der Waals surface area contributed by atoms with Gasteiger partial charge in [0.25, 0.3) is 0 Å². The molecule has 0 aliphatic carbocycles. The van der Waals surface area contributed by atoms with Crippen LogP contribution in [0.3, 0.4) is 0 Å². The molecule has 0 aliphatic rings. The summed E-state index contributed by atoms with van der Waals surface area (Å²) in [7, 11) is 0. The molecule has 4 heteroatoms. The molecular weight excluding hydrogens is 242 g/mol. The van der Waals surface area contributed by atoms with Gasteiger partial charge in [-0.3, -0.25) is 0 Å². The van der Waals surface area contributed by atoms with Crippen molar-refractivity contribution in [1.82, 2.24) is 9.66 Å². The predicted octanol–water partition coefficient (Wildman–Crippen LogP) is 3.75. The summed E-state index contributed by atoms with van der Waals surface area (Å²) in [5.41, 5.74) is 4.26. The van der Waals surface area contributed by atoms with Gasteiger partial charge in [-0.15, -0.1) is 0 Å². The standard InChI is InChI=1S/C14H19N3S/c1-11(2)5-3-10-16-17-13(18)8-7-12-6-4-9-15-14(12)17/h4,6-9,11,16H,3,5,10H2,1-2H3. The number of hydrogen-bond acceptors (Lipinski definition) is 3. The molecule has 0 atom stereocenters. The fourth-order valence-corrected chi connectivity index (χ4v) is 2.14. The molecule has 3 nitrogen and oxygen atoms in total. The van der Waals surface area contributed by atoms with Crippen LogP contribution in [0.15, 0.2) is 30.5 Å². The molecule has 0 amide bonds. The van der Waals surface area contributed by atoms with Crippen molar-refractivity contribution in [2.24, 2.45) is 5.92 Å². The van der Waals surface area contributed by atoms with Crippen LogP contribution in [0, 0.1) is 10.6 Å². The summed E-state index contributed by atoms with van der Waals surface area (Å²) in [5, 5.41) is 1.10. The van der Waals surface area contributed by atoms with Gasteiger partial charge in [-0.2, -0.15) is 0 Å². The molecule has 0 saturated heterocycles. The van der Waals surface area contributed by atoms with E-state index >= 15 is 0 Å². The summed E-state index contributed by atoms with van der Waals surface area (Å²) < 4.78 is 2.68. The maximum atomic E-state index is 5.34. The van der Waals surface area contributed by atoms with Gasteiger partial charge in [0, 0.05) is 18.1 Å². The van der Waals surface area contributed by atoms with E-state index in [-0.39, 0.29) is 0 Å². The highest BCUT2D eigenvalue weighted by Gasteiger charge is 2.01. The van der Waals surface area contributed by atoms with Crippen molar-refractivity contribution < 1.29 is 0 Å². The Labute approximate surface area is 113 Å². The molecule has 0 bridgehead atoms. The van der Waals surface area contributed by atoms with E-state index in [1.807, 2.05) is 28.9 Å². The maximum absolute atomic E-state index is 5.34. The van der Waals surface area contributed by atoms with Crippen molar-refractivity contribution in [2.75, 3.05) is 12.0 Å². The van der Waals surface area contributed by atoms with E-state index < -0.39 is 0 Å². The lowest BCUT2D eigenvalue weighted by molar-refractivity contribution is 0.558. The molecule has 2 aromatic heterocycles. The van der Waals surface area contributed by atoms with Gasteiger partial charge in [-0.1, -0.05) is 26.1 Å². The van der Waals surface area contributed by atoms with Crippen LogP contribution in [0.1, 0.15) is 26.7 Å². The van der Waals surface area contributed by atoms with Gasteiger partial charge < -0.3 is 5.43 Å². The summed E-state index contributed by atoms with van der Waals surface area (Å²) >= 11 is 5.34. The fraction of sp³-hybridized carbons (Fsp3) is 0.429. The minimum Gasteiger partial charge on any atom is -0.323 e. The summed E-state index contributed by atoms with van der Waals surface area (Å²) in [6.45, 7) is 5.40. The van der Waals surface area contributed by atoms with Crippen LogP contribution in [0.25, 0.3) is 11.0 Å². The minimum absolute atomic E-state index is 0.741. The van der Waals surface area contributed by atoms with E-state index in [9.17, 15) is 0 Å². The highest BCUT2D eigenvalue weighted by molar-refractivity contribution is 7.71. The summed E-state index contributed by atoms with van der Waals surface area (Å²) in [6.07, 6.45) is 4.16. The van der Waals surface area contributed by atoms with E-state index in [2.05, 4.69) is 24.3 Å². The number of rotatable bonds is 5. The van der Waals surface area contributed by atoms with Gasteiger partial charge in [-0.25, -0.2) is 9.66 Å². The Morgan fingerprint density at radius 3 is 2.94 bits per heavy atom. The molecule has 0 radical (unpaired) electrons. The Kier molecular flexibility index (Phi) is 4.31. The molecule has 0 unspecified atom stereocenters. The molecule has 18 heavy (non-hydrogen) atoms. The number of hydrogen-bond donors (Lipinski definition) is 1. The molecule has 0 aromatic carbocycles. The third-order valence-corrected chi connectivity index (χ3v) is 3.20.